The van der Waals surface area contributed by atoms with Crippen molar-refractivity contribution in [2.24, 2.45) is 0 Å². The Morgan fingerprint density at radius 3 is 2.04 bits per heavy atom. The molecule has 0 bridgehead atoms. The van der Waals surface area contributed by atoms with Crippen LogP contribution in [0.3, 0.4) is 0 Å². The summed E-state index contributed by atoms with van der Waals surface area (Å²) < 4.78 is 1.83. The van der Waals surface area contributed by atoms with Gasteiger partial charge in [-0.1, -0.05) is 11.8 Å². The highest BCUT2D eigenvalue weighted by atomic mass is 32.2. The van der Waals surface area contributed by atoms with Crippen LogP contribution in [0.1, 0.15) is 6.92 Å². The van der Waals surface area contributed by atoms with Crippen molar-refractivity contribution in [3.63, 3.8) is 0 Å². The molecule has 3 rings (SSSR count). The molecule has 0 amide bonds. The van der Waals surface area contributed by atoms with E-state index in [0.29, 0.717) is 5.69 Å². The summed E-state index contributed by atoms with van der Waals surface area (Å²) in [6.45, 7) is 1.78. The zero-order chi connectivity index (χ0) is 19.6. The third kappa shape index (κ3) is 3.75. The Morgan fingerprint density at radius 2 is 1.52 bits per heavy atom. The van der Waals surface area contributed by atoms with Gasteiger partial charge in [-0.05, 0) is 43.3 Å². The average molecular weight is 386 g/mol. The van der Waals surface area contributed by atoms with E-state index in [4.69, 9.17) is 0 Å². The molecule has 0 atom stereocenters. The van der Waals surface area contributed by atoms with Gasteiger partial charge in [0.15, 0.2) is 0 Å². The van der Waals surface area contributed by atoms with Gasteiger partial charge in [0.05, 0.1) is 10.6 Å². The fourth-order valence-electron chi connectivity index (χ4n) is 2.45. The minimum absolute atomic E-state index is 0.0133. The predicted octanol–water partition coefficient (Wildman–Crippen LogP) is 1.77. The fourth-order valence-corrected chi connectivity index (χ4v) is 3.27. The Hall–Kier alpha value is -3.40. The molecular formula is C17H14N4O5S. The molecule has 0 aliphatic carbocycles. The topological polar surface area (TPSA) is 120 Å². The zero-order valence-electron chi connectivity index (χ0n) is 14.1. The first-order chi connectivity index (χ1) is 12.9. The SMILES string of the molecule is CCn1c(=O)[nH]c(=O)n(-c2ccc(Sc3ccc([N+](=O)[O-])cc3)cc2)c1=O. The molecule has 27 heavy (non-hydrogen) atoms. The van der Waals surface area contributed by atoms with Crippen molar-refractivity contribution < 1.29 is 4.92 Å². The van der Waals surface area contributed by atoms with E-state index in [9.17, 15) is 24.5 Å². The van der Waals surface area contributed by atoms with Gasteiger partial charge < -0.3 is 0 Å². The average Bonchev–Trinajstić information content (AvgIpc) is 2.63. The number of rotatable bonds is 5. The van der Waals surface area contributed by atoms with Crippen LogP contribution in [-0.4, -0.2) is 19.0 Å². The lowest BCUT2D eigenvalue weighted by molar-refractivity contribution is -0.384. The number of H-pyrrole nitrogens is 1. The van der Waals surface area contributed by atoms with E-state index in [0.717, 1.165) is 18.9 Å². The minimum atomic E-state index is -0.800. The maximum Gasteiger partial charge on any atom is 0.340 e. The van der Waals surface area contributed by atoms with Crippen molar-refractivity contribution in [2.45, 2.75) is 23.3 Å². The minimum Gasteiger partial charge on any atom is -0.258 e. The second-order valence-electron chi connectivity index (χ2n) is 5.44. The summed E-state index contributed by atoms with van der Waals surface area (Å²) in [7, 11) is 0. The van der Waals surface area contributed by atoms with Crippen LogP contribution in [0.5, 0.6) is 0 Å². The molecule has 0 unspecified atom stereocenters. The zero-order valence-corrected chi connectivity index (χ0v) is 14.9. The Labute approximate surface area is 156 Å². The lowest BCUT2D eigenvalue weighted by atomic mass is 10.3. The maximum atomic E-state index is 12.4. The summed E-state index contributed by atoms with van der Waals surface area (Å²) in [5.41, 5.74) is -1.91. The largest absolute Gasteiger partial charge is 0.340 e. The number of aromatic amines is 1. The molecule has 0 aliphatic rings. The molecule has 1 N–H and O–H groups in total. The molecule has 10 heteroatoms. The van der Waals surface area contributed by atoms with Crippen molar-refractivity contribution in [2.75, 3.05) is 0 Å². The molecule has 0 saturated heterocycles. The number of aromatic nitrogens is 3. The van der Waals surface area contributed by atoms with E-state index in [1.807, 2.05) is 0 Å². The van der Waals surface area contributed by atoms with Crippen LogP contribution in [0, 0.1) is 10.1 Å². The highest BCUT2D eigenvalue weighted by Crippen LogP contribution is 2.29. The molecule has 3 aromatic rings. The number of nitrogens with one attached hydrogen (secondary N) is 1. The molecule has 0 fully saturated rings. The summed E-state index contributed by atoms with van der Waals surface area (Å²) in [6.07, 6.45) is 0. The van der Waals surface area contributed by atoms with Gasteiger partial charge in [0.25, 0.3) is 5.69 Å². The van der Waals surface area contributed by atoms with E-state index in [1.165, 1.54) is 23.9 Å². The summed E-state index contributed by atoms with van der Waals surface area (Å²) >= 11 is 1.38. The van der Waals surface area contributed by atoms with E-state index in [1.54, 1.807) is 43.3 Å². The molecule has 0 saturated carbocycles. The molecular weight excluding hydrogens is 372 g/mol. The molecule has 0 aliphatic heterocycles. The smallest absolute Gasteiger partial charge is 0.258 e. The first-order valence-corrected chi connectivity index (χ1v) is 8.71. The Morgan fingerprint density at radius 1 is 0.963 bits per heavy atom. The van der Waals surface area contributed by atoms with Gasteiger partial charge >= 0.3 is 17.1 Å². The van der Waals surface area contributed by atoms with Crippen LogP contribution < -0.4 is 17.1 Å². The summed E-state index contributed by atoms with van der Waals surface area (Å²) in [5, 5.41) is 10.7. The molecule has 1 heterocycles. The number of nitrogens with zero attached hydrogens (tertiary/aromatic N) is 3. The van der Waals surface area contributed by atoms with Gasteiger partial charge in [-0.15, -0.1) is 0 Å². The van der Waals surface area contributed by atoms with Crippen molar-refractivity contribution in [3.05, 3.63) is 90.1 Å². The third-order valence-electron chi connectivity index (χ3n) is 3.78. The fraction of sp³-hybridized carbons (Fsp3) is 0.118. The molecule has 138 valence electrons. The van der Waals surface area contributed by atoms with Gasteiger partial charge in [-0.3, -0.25) is 15.1 Å². The van der Waals surface area contributed by atoms with Crippen LogP contribution in [0.25, 0.3) is 5.69 Å². The van der Waals surface area contributed by atoms with Crippen LogP contribution in [0.2, 0.25) is 0 Å². The maximum absolute atomic E-state index is 12.4. The molecule has 1 aromatic heterocycles. The second-order valence-corrected chi connectivity index (χ2v) is 6.59. The summed E-state index contributed by atoms with van der Waals surface area (Å²) in [5.74, 6) is 0. The highest BCUT2D eigenvalue weighted by molar-refractivity contribution is 7.99. The number of hydrogen-bond acceptors (Lipinski definition) is 6. The third-order valence-corrected chi connectivity index (χ3v) is 4.79. The number of benzene rings is 2. The standard InChI is InChI=1S/C17H14N4O5S/c1-2-19-15(22)18-16(23)20(17(19)24)11-3-7-13(8-4-11)27-14-9-5-12(6-10-14)21(25)26/h3-10H,2H2,1H3,(H,18,22,23). The van der Waals surface area contributed by atoms with E-state index < -0.39 is 22.0 Å². The van der Waals surface area contributed by atoms with Gasteiger partial charge in [-0.25, -0.2) is 23.5 Å². The van der Waals surface area contributed by atoms with Crippen molar-refractivity contribution in [1.29, 1.82) is 0 Å². The van der Waals surface area contributed by atoms with E-state index in [2.05, 4.69) is 4.98 Å². The normalized spacial score (nSPS) is 10.7. The van der Waals surface area contributed by atoms with Gasteiger partial charge in [-0.2, -0.15) is 0 Å². The molecule has 0 radical (unpaired) electrons. The Balaban J connectivity index is 1.90. The number of nitro groups is 1. The van der Waals surface area contributed by atoms with Gasteiger partial charge in [0.1, 0.15) is 0 Å². The number of hydrogen-bond donors (Lipinski definition) is 1. The van der Waals surface area contributed by atoms with Crippen LogP contribution in [0.4, 0.5) is 5.69 Å². The molecule has 9 nitrogen and oxygen atoms in total. The Bertz CT molecular complexity index is 1160. The van der Waals surface area contributed by atoms with Gasteiger partial charge in [0, 0.05) is 28.5 Å². The van der Waals surface area contributed by atoms with Crippen molar-refractivity contribution >= 4 is 17.4 Å². The number of non-ortho nitro benzene ring substituents is 1. The second kappa shape index (κ2) is 7.46. The quantitative estimate of drug-likeness (QED) is 0.527. The highest BCUT2D eigenvalue weighted by Gasteiger charge is 2.11. The van der Waals surface area contributed by atoms with Crippen LogP contribution >= 0.6 is 11.8 Å². The van der Waals surface area contributed by atoms with Crippen molar-refractivity contribution in [3.8, 4) is 5.69 Å². The van der Waals surface area contributed by atoms with Crippen LogP contribution in [0.15, 0.2) is 72.7 Å². The van der Waals surface area contributed by atoms with Gasteiger partial charge in [0.2, 0.25) is 0 Å². The number of nitro benzene ring substituents is 1. The Kier molecular flexibility index (Phi) is 5.08. The lowest BCUT2D eigenvalue weighted by Gasteiger charge is -2.08. The van der Waals surface area contributed by atoms with Crippen LogP contribution in [-0.2, 0) is 6.54 Å². The first-order valence-electron chi connectivity index (χ1n) is 7.89. The summed E-state index contributed by atoms with van der Waals surface area (Å²) in [6, 6.07) is 12.7. The predicted molar refractivity (Wildman–Crippen MR) is 99.8 cm³/mol. The monoisotopic (exact) mass is 386 g/mol. The summed E-state index contributed by atoms with van der Waals surface area (Å²) in [4.78, 5) is 50.0. The first kappa shape index (κ1) is 18.4. The molecule has 0 spiro atoms. The lowest BCUT2D eigenvalue weighted by Crippen LogP contribution is -2.48. The molecule has 2 aromatic carbocycles. The van der Waals surface area contributed by atoms with E-state index in [-0.39, 0.29) is 12.2 Å². The van der Waals surface area contributed by atoms with E-state index >= 15 is 0 Å². The van der Waals surface area contributed by atoms with Crippen molar-refractivity contribution in [1.82, 2.24) is 14.1 Å².